The van der Waals surface area contributed by atoms with Gasteiger partial charge in [-0.25, -0.2) is 9.03 Å². The van der Waals surface area contributed by atoms with Crippen LogP contribution in [0.15, 0.2) is 42.9 Å². The van der Waals surface area contributed by atoms with Gasteiger partial charge in [-0.3, -0.25) is 14.3 Å². The molecule has 0 spiro atoms. The number of nitrogen functional groups attached to an aromatic ring is 1. The number of aryl methyl sites for hydroxylation is 1. The molecule has 3 aliphatic heterocycles. The van der Waals surface area contributed by atoms with Crippen LogP contribution in [0.5, 0.6) is 0 Å². The molecule has 0 aliphatic carbocycles. The number of fused-ring (bicyclic) bond motifs is 2. The number of carbonyl (C=O) groups is 2. The van der Waals surface area contributed by atoms with Crippen LogP contribution < -0.4 is 20.9 Å². The van der Waals surface area contributed by atoms with Crippen molar-refractivity contribution in [3.8, 4) is 0 Å². The van der Waals surface area contributed by atoms with Gasteiger partial charge in [0.2, 0.25) is 11.9 Å². The number of hydrogen-bond acceptors (Lipinski definition) is 13. The number of carbonyl (C=O) groups excluding carboxylic acids is 2. The molecule has 2 amide bonds. The number of ether oxygens (including phenoxy) is 3. The molecule has 3 N–H and O–H groups in total. The SMILES string of the molecule is Cn1ncc(C(=O)N2CCOCC2)c1C(=O)Nc1ccc2nc(N3CCOCC3)nn2c1.Nc1ccc2nc(N3CCOCC3)nn2c1. The van der Waals surface area contributed by atoms with Crippen molar-refractivity contribution in [2.45, 2.75) is 0 Å². The van der Waals surface area contributed by atoms with E-state index in [1.807, 2.05) is 12.1 Å². The first-order valence-electron chi connectivity index (χ1n) is 15.8. The van der Waals surface area contributed by atoms with Crippen molar-refractivity contribution in [1.82, 2.24) is 43.9 Å². The van der Waals surface area contributed by atoms with Crippen LogP contribution in [0.25, 0.3) is 11.3 Å². The van der Waals surface area contributed by atoms with Crippen molar-refractivity contribution in [3.63, 3.8) is 0 Å². The maximum Gasteiger partial charge on any atom is 0.274 e. The first kappa shape index (κ1) is 31.3. The summed E-state index contributed by atoms with van der Waals surface area (Å²) in [5.74, 6) is 0.721. The summed E-state index contributed by atoms with van der Waals surface area (Å²) >= 11 is 0. The summed E-state index contributed by atoms with van der Waals surface area (Å²) in [4.78, 5) is 40.8. The summed E-state index contributed by atoms with van der Waals surface area (Å²) in [5.41, 5.74) is 8.87. The van der Waals surface area contributed by atoms with Crippen molar-refractivity contribution in [1.29, 1.82) is 0 Å². The van der Waals surface area contributed by atoms with E-state index in [9.17, 15) is 9.59 Å². The third-order valence-corrected chi connectivity index (χ3v) is 8.19. The number of anilines is 4. The third kappa shape index (κ3) is 6.71. The Balaban J connectivity index is 0.000000190. The Kier molecular flexibility index (Phi) is 8.99. The van der Waals surface area contributed by atoms with E-state index in [4.69, 9.17) is 19.9 Å². The molecule has 8 rings (SSSR count). The molecule has 18 heteroatoms. The van der Waals surface area contributed by atoms with Crippen LogP contribution in [0.1, 0.15) is 20.8 Å². The predicted octanol–water partition coefficient (Wildman–Crippen LogP) is 0.172. The van der Waals surface area contributed by atoms with Crippen molar-refractivity contribution in [2.24, 2.45) is 7.05 Å². The molecule has 0 radical (unpaired) electrons. The highest BCUT2D eigenvalue weighted by Crippen LogP contribution is 2.18. The maximum absolute atomic E-state index is 13.1. The fourth-order valence-corrected chi connectivity index (χ4v) is 5.62. The van der Waals surface area contributed by atoms with Crippen LogP contribution in [-0.2, 0) is 21.3 Å². The molecule has 18 nitrogen and oxygen atoms in total. The molecular weight excluding hydrogens is 622 g/mol. The monoisotopic (exact) mass is 659 g/mol. The Morgan fingerprint density at radius 2 is 1.29 bits per heavy atom. The number of nitrogens with two attached hydrogens (primary N) is 1. The van der Waals surface area contributed by atoms with Crippen LogP contribution in [0, 0.1) is 0 Å². The number of pyridine rings is 2. The zero-order chi connectivity index (χ0) is 33.0. The number of aromatic nitrogens is 8. The largest absolute Gasteiger partial charge is 0.397 e. The van der Waals surface area contributed by atoms with E-state index >= 15 is 0 Å². The maximum atomic E-state index is 13.1. The molecule has 252 valence electrons. The normalized spacial score (nSPS) is 17.0. The Labute approximate surface area is 275 Å². The highest BCUT2D eigenvalue weighted by molar-refractivity contribution is 6.11. The summed E-state index contributed by atoms with van der Waals surface area (Å²) in [7, 11) is 1.64. The topological polar surface area (TPSA) is 188 Å². The van der Waals surface area contributed by atoms with Gasteiger partial charge in [0.15, 0.2) is 11.3 Å². The minimum Gasteiger partial charge on any atom is -0.397 e. The predicted molar refractivity (Wildman–Crippen MR) is 174 cm³/mol. The van der Waals surface area contributed by atoms with E-state index < -0.39 is 5.91 Å². The quantitative estimate of drug-likeness (QED) is 0.260. The second kappa shape index (κ2) is 13.8. The zero-order valence-corrected chi connectivity index (χ0v) is 26.6. The number of morpholine rings is 3. The summed E-state index contributed by atoms with van der Waals surface area (Å²) in [6, 6.07) is 7.24. The van der Waals surface area contributed by atoms with Crippen LogP contribution >= 0.6 is 0 Å². The second-order valence-electron chi connectivity index (χ2n) is 11.4. The lowest BCUT2D eigenvalue weighted by atomic mass is 10.2. The Morgan fingerprint density at radius 3 is 1.90 bits per heavy atom. The molecular formula is C30H37N13O5. The Bertz CT molecular complexity index is 1900. The summed E-state index contributed by atoms with van der Waals surface area (Å²) in [5, 5.41) is 15.9. The Hall–Kier alpha value is -5.33. The Morgan fingerprint density at radius 1 is 0.750 bits per heavy atom. The summed E-state index contributed by atoms with van der Waals surface area (Å²) < 4.78 is 20.7. The first-order chi connectivity index (χ1) is 23.4. The van der Waals surface area contributed by atoms with Gasteiger partial charge < -0.3 is 40.0 Å². The molecule has 0 unspecified atom stereocenters. The number of rotatable bonds is 5. The van der Waals surface area contributed by atoms with Gasteiger partial charge in [0.1, 0.15) is 5.69 Å². The van der Waals surface area contributed by atoms with Crippen LogP contribution in [0.2, 0.25) is 0 Å². The van der Waals surface area contributed by atoms with Gasteiger partial charge in [0.05, 0.1) is 75.2 Å². The van der Waals surface area contributed by atoms with E-state index in [1.54, 1.807) is 45.5 Å². The molecule has 0 saturated carbocycles. The van der Waals surface area contributed by atoms with Gasteiger partial charge in [0.25, 0.3) is 11.8 Å². The number of hydrogen-bond donors (Lipinski definition) is 2. The second-order valence-corrected chi connectivity index (χ2v) is 11.4. The van der Waals surface area contributed by atoms with Crippen molar-refractivity contribution in [3.05, 3.63) is 54.1 Å². The minimum atomic E-state index is -0.422. The van der Waals surface area contributed by atoms with Crippen LogP contribution in [-0.4, -0.2) is 135 Å². The lowest BCUT2D eigenvalue weighted by Gasteiger charge is -2.26. The highest BCUT2D eigenvalue weighted by atomic mass is 16.5. The van der Waals surface area contributed by atoms with Crippen LogP contribution in [0.3, 0.4) is 0 Å². The smallest absolute Gasteiger partial charge is 0.274 e. The fourth-order valence-electron chi connectivity index (χ4n) is 5.62. The first-order valence-corrected chi connectivity index (χ1v) is 15.8. The third-order valence-electron chi connectivity index (χ3n) is 8.19. The van der Waals surface area contributed by atoms with Crippen LogP contribution in [0.4, 0.5) is 23.3 Å². The van der Waals surface area contributed by atoms with E-state index in [2.05, 4.69) is 40.4 Å². The van der Waals surface area contributed by atoms with Crippen molar-refractivity contribution < 1.29 is 23.8 Å². The zero-order valence-electron chi connectivity index (χ0n) is 26.6. The van der Waals surface area contributed by atoms with Gasteiger partial charge in [0, 0.05) is 46.3 Å². The van der Waals surface area contributed by atoms with Crippen molar-refractivity contribution in [2.75, 3.05) is 99.8 Å². The average molecular weight is 660 g/mol. The molecule has 5 aromatic heterocycles. The lowest BCUT2D eigenvalue weighted by Crippen LogP contribution is -2.41. The van der Waals surface area contributed by atoms with Gasteiger partial charge in [-0.2, -0.15) is 15.1 Å². The molecule has 48 heavy (non-hydrogen) atoms. The number of nitrogens with one attached hydrogen (secondary N) is 1. The standard InChI is InChI=1S/C20H24N8O4.C10H13N5O/c1-25-17(15(12-21-25)19(30)26-4-8-31-9-5-26)18(29)22-14-2-3-16-23-20(24-28(16)13-14)27-6-10-32-11-7-27;11-8-1-2-9-12-10(13-15(9)7-8)14-3-5-16-6-4-14/h2-3,12-13H,4-11H2,1H3,(H,22,29);1-2,7H,3-6,11H2. The summed E-state index contributed by atoms with van der Waals surface area (Å²) in [6.45, 7) is 7.86. The van der Waals surface area contributed by atoms with Crippen molar-refractivity contribution >= 4 is 46.4 Å². The number of amides is 2. The van der Waals surface area contributed by atoms with Gasteiger partial charge >= 0.3 is 0 Å². The molecule has 0 aromatic carbocycles. The van der Waals surface area contributed by atoms with E-state index in [0.717, 1.165) is 51.0 Å². The van der Waals surface area contributed by atoms with Gasteiger partial charge in [-0.05, 0) is 24.3 Å². The van der Waals surface area contributed by atoms with Gasteiger partial charge in [-0.1, -0.05) is 0 Å². The number of nitrogens with zero attached hydrogens (tertiary/aromatic N) is 11. The fraction of sp³-hybridized carbons (Fsp3) is 0.433. The molecule has 3 saturated heterocycles. The molecule has 8 heterocycles. The van der Waals surface area contributed by atoms with E-state index in [0.29, 0.717) is 62.5 Å². The molecule has 3 aliphatic rings. The molecule has 5 aromatic rings. The lowest BCUT2D eigenvalue weighted by molar-refractivity contribution is 0.0302. The molecule has 0 atom stereocenters. The average Bonchev–Trinajstić information content (AvgIpc) is 3.85. The molecule has 3 fully saturated rings. The van der Waals surface area contributed by atoms with E-state index in [1.165, 1.54) is 10.9 Å². The minimum absolute atomic E-state index is 0.203. The highest BCUT2D eigenvalue weighted by Gasteiger charge is 2.27. The van der Waals surface area contributed by atoms with Gasteiger partial charge in [-0.15, -0.1) is 10.2 Å². The molecule has 0 bridgehead atoms. The van der Waals surface area contributed by atoms with E-state index in [-0.39, 0.29) is 17.2 Å². The summed E-state index contributed by atoms with van der Waals surface area (Å²) in [6.07, 6.45) is 4.90.